The number of ether oxygens (including phenoxy) is 1. The molecular weight excluding hydrogens is 350 g/mol. The molecule has 0 aliphatic carbocycles. The van der Waals surface area contributed by atoms with Gasteiger partial charge in [0, 0.05) is 18.3 Å². The molecule has 0 atom stereocenters. The highest BCUT2D eigenvalue weighted by Crippen LogP contribution is 2.07. The van der Waals surface area contributed by atoms with Crippen LogP contribution >= 0.6 is 0 Å². The number of rotatable bonds is 9. The fraction of sp³-hybridized carbons (Fsp3) is 0.273. The summed E-state index contributed by atoms with van der Waals surface area (Å²) < 4.78 is 7.64. The summed E-state index contributed by atoms with van der Waals surface area (Å²) in [7, 11) is 0. The number of aliphatic imine (C=N–C) groups is 1. The van der Waals surface area contributed by atoms with Gasteiger partial charge >= 0.3 is 0 Å². The molecule has 0 aliphatic heterocycles. The molecule has 28 heavy (non-hydrogen) atoms. The molecule has 2 aromatic carbocycles. The zero-order chi connectivity index (χ0) is 19.4. The maximum Gasteiger partial charge on any atom is 0.191 e. The molecule has 0 amide bonds. The summed E-state index contributed by atoms with van der Waals surface area (Å²) in [6, 6.07) is 20.1. The van der Waals surface area contributed by atoms with Gasteiger partial charge in [0.15, 0.2) is 5.96 Å². The molecule has 0 saturated carbocycles. The van der Waals surface area contributed by atoms with E-state index < -0.39 is 0 Å². The minimum atomic E-state index is 0.573. The third kappa shape index (κ3) is 6.46. The Bertz CT molecular complexity index is 846. The van der Waals surface area contributed by atoms with E-state index in [9.17, 15) is 0 Å². The number of guanidine groups is 1. The van der Waals surface area contributed by atoms with Gasteiger partial charge in [0.05, 0.1) is 25.8 Å². The molecule has 0 fully saturated rings. The maximum atomic E-state index is 5.70. The van der Waals surface area contributed by atoms with Crippen LogP contribution in [0.2, 0.25) is 0 Å². The van der Waals surface area contributed by atoms with Crippen LogP contribution in [0.3, 0.4) is 0 Å². The predicted molar refractivity (Wildman–Crippen MR) is 113 cm³/mol. The molecule has 0 bridgehead atoms. The molecule has 0 unspecified atom stereocenters. The van der Waals surface area contributed by atoms with Crippen LogP contribution in [0.15, 0.2) is 78.0 Å². The first-order chi connectivity index (χ1) is 13.8. The van der Waals surface area contributed by atoms with E-state index in [1.165, 1.54) is 5.56 Å². The number of hydrogen-bond donors (Lipinski definition) is 2. The minimum Gasteiger partial charge on any atom is -0.492 e. The van der Waals surface area contributed by atoms with Crippen LogP contribution in [0, 0.1) is 0 Å². The van der Waals surface area contributed by atoms with E-state index in [0.29, 0.717) is 19.7 Å². The summed E-state index contributed by atoms with van der Waals surface area (Å²) in [5, 5.41) is 11.0. The van der Waals surface area contributed by atoms with Crippen LogP contribution in [0.4, 0.5) is 0 Å². The fourth-order valence-corrected chi connectivity index (χ4v) is 2.71. The second-order valence-electron chi connectivity index (χ2n) is 6.32. The van der Waals surface area contributed by atoms with Gasteiger partial charge in [-0.15, -0.1) is 0 Å². The molecule has 3 rings (SSSR count). The normalized spacial score (nSPS) is 11.2. The SMILES string of the molecule is CCNC(=NCc1cnn(Cc2ccccc2)c1)NCCOc1ccccc1. The summed E-state index contributed by atoms with van der Waals surface area (Å²) in [5.41, 5.74) is 2.31. The lowest BCUT2D eigenvalue weighted by atomic mass is 10.2. The lowest BCUT2D eigenvalue weighted by molar-refractivity contribution is 0.322. The van der Waals surface area contributed by atoms with Gasteiger partial charge in [0.1, 0.15) is 12.4 Å². The van der Waals surface area contributed by atoms with Crippen LogP contribution in [0.25, 0.3) is 0 Å². The van der Waals surface area contributed by atoms with Gasteiger partial charge in [-0.1, -0.05) is 48.5 Å². The first-order valence-corrected chi connectivity index (χ1v) is 9.59. The number of para-hydroxylation sites is 1. The number of nitrogens with one attached hydrogen (secondary N) is 2. The van der Waals surface area contributed by atoms with Crippen molar-refractivity contribution in [2.45, 2.75) is 20.0 Å². The van der Waals surface area contributed by atoms with Gasteiger partial charge in [-0.25, -0.2) is 4.99 Å². The molecule has 0 aliphatic rings. The Morgan fingerprint density at radius 2 is 1.75 bits per heavy atom. The number of aromatic nitrogens is 2. The van der Waals surface area contributed by atoms with Gasteiger partial charge in [-0.05, 0) is 24.6 Å². The standard InChI is InChI=1S/C22H27N5O/c1-2-23-22(24-13-14-28-21-11-7-4-8-12-21)25-15-20-16-26-27(18-20)17-19-9-5-3-6-10-19/h3-12,16,18H,2,13-15,17H2,1H3,(H2,23,24,25). The average Bonchev–Trinajstić information content (AvgIpc) is 3.18. The van der Waals surface area contributed by atoms with Crippen molar-refractivity contribution in [2.24, 2.45) is 4.99 Å². The fourth-order valence-electron chi connectivity index (χ4n) is 2.71. The van der Waals surface area contributed by atoms with E-state index in [0.717, 1.165) is 30.4 Å². The Hall–Kier alpha value is -3.28. The minimum absolute atomic E-state index is 0.573. The molecule has 0 radical (unpaired) electrons. The largest absolute Gasteiger partial charge is 0.492 e. The molecular formula is C22H27N5O. The molecule has 6 nitrogen and oxygen atoms in total. The van der Waals surface area contributed by atoms with Gasteiger partial charge in [0.2, 0.25) is 0 Å². The number of benzene rings is 2. The molecule has 3 aromatic rings. The van der Waals surface area contributed by atoms with Crippen LogP contribution in [-0.2, 0) is 13.1 Å². The molecule has 1 aromatic heterocycles. The molecule has 146 valence electrons. The molecule has 6 heteroatoms. The predicted octanol–water partition coefficient (Wildman–Crippen LogP) is 3.07. The first-order valence-electron chi connectivity index (χ1n) is 9.59. The highest BCUT2D eigenvalue weighted by molar-refractivity contribution is 5.79. The van der Waals surface area contributed by atoms with Crippen molar-refractivity contribution in [3.8, 4) is 5.75 Å². The summed E-state index contributed by atoms with van der Waals surface area (Å²) >= 11 is 0. The summed E-state index contributed by atoms with van der Waals surface area (Å²) in [6.07, 6.45) is 3.91. The van der Waals surface area contributed by atoms with Crippen molar-refractivity contribution in [2.75, 3.05) is 19.7 Å². The van der Waals surface area contributed by atoms with Crippen molar-refractivity contribution in [3.63, 3.8) is 0 Å². The Kier molecular flexibility index (Phi) is 7.49. The molecule has 1 heterocycles. The zero-order valence-corrected chi connectivity index (χ0v) is 16.2. The average molecular weight is 377 g/mol. The third-order valence-corrected chi connectivity index (χ3v) is 4.04. The summed E-state index contributed by atoms with van der Waals surface area (Å²) in [4.78, 5) is 4.63. The van der Waals surface area contributed by atoms with Crippen molar-refractivity contribution in [3.05, 3.63) is 84.2 Å². The lowest BCUT2D eigenvalue weighted by Crippen LogP contribution is -2.39. The summed E-state index contributed by atoms with van der Waals surface area (Å²) in [6.45, 7) is 5.44. The molecule has 0 spiro atoms. The Balaban J connectivity index is 1.47. The maximum absolute atomic E-state index is 5.70. The number of nitrogens with zero attached hydrogens (tertiary/aromatic N) is 3. The van der Waals surface area contributed by atoms with Crippen LogP contribution in [0.5, 0.6) is 5.75 Å². The first kappa shape index (κ1) is 19.5. The Morgan fingerprint density at radius 3 is 2.50 bits per heavy atom. The summed E-state index contributed by atoms with van der Waals surface area (Å²) in [5.74, 6) is 1.65. The van der Waals surface area contributed by atoms with Gasteiger partial charge in [0.25, 0.3) is 0 Å². The third-order valence-electron chi connectivity index (χ3n) is 4.04. The second kappa shape index (κ2) is 10.8. The van der Waals surface area contributed by atoms with E-state index in [4.69, 9.17) is 4.74 Å². The second-order valence-corrected chi connectivity index (χ2v) is 6.32. The monoisotopic (exact) mass is 377 g/mol. The van der Waals surface area contributed by atoms with E-state index in [2.05, 4.69) is 39.8 Å². The Labute approximate surface area is 166 Å². The zero-order valence-electron chi connectivity index (χ0n) is 16.2. The van der Waals surface area contributed by atoms with Crippen LogP contribution < -0.4 is 15.4 Å². The van der Waals surface area contributed by atoms with Crippen molar-refractivity contribution < 1.29 is 4.74 Å². The lowest BCUT2D eigenvalue weighted by Gasteiger charge is -2.11. The van der Waals surface area contributed by atoms with Crippen molar-refractivity contribution in [1.29, 1.82) is 0 Å². The van der Waals surface area contributed by atoms with Crippen molar-refractivity contribution >= 4 is 5.96 Å². The van der Waals surface area contributed by atoms with Gasteiger partial charge < -0.3 is 15.4 Å². The Morgan fingerprint density at radius 1 is 1.00 bits per heavy atom. The van der Waals surface area contributed by atoms with Gasteiger partial charge in [-0.2, -0.15) is 5.10 Å². The molecule has 2 N–H and O–H groups in total. The van der Waals surface area contributed by atoms with Gasteiger partial charge in [-0.3, -0.25) is 4.68 Å². The van der Waals surface area contributed by atoms with E-state index >= 15 is 0 Å². The van der Waals surface area contributed by atoms with Crippen LogP contribution in [-0.4, -0.2) is 35.4 Å². The van der Waals surface area contributed by atoms with E-state index in [1.807, 2.05) is 65.6 Å². The topological polar surface area (TPSA) is 63.5 Å². The molecule has 0 saturated heterocycles. The quantitative estimate of drug-likeness (QED) is 0.342. The van der Waals surface area contributed by atoms with Crippen LogP contribution in [0.1, 0.15) is 18.1 Å². The number of hydrogen-bond acceptors (Lipinski definition) is 3. The van der Waals surface area contributed by atoms with E-state index in [-0.39, 0.29) is 0 Å². The highest BCUT2D eigenvalue weighted by atomic mass is 16.5. The van der Waals surface area contributed by atoms with Crippen molar-refractivity contribution in [1.82, 2.24) is 20.4 Å². The smallest absolute Gasteiger partial charge is 0.191 e. The van der Waals surface area contributed by atoms with E-state index in [1.54, 1.807) is 0 Å². The highest BCUT2D eigenvalue weighted by Gasteiger charge is 2.01.